The Labute approximate surface area is 111 Å². The Morgan fingerprint density at radius 3 is 2.33 bits per heavy atom. The van der Waals surface area contributed by atoms with Crippen LogP contribution in [0.15, 0.2) is 4.99 Å². The van der Waals surface area contributed by atoms with Crippen molar-refractivity contribution >= 4 is 5.96 Å². The van der Waals surface area contributed by atoms with Crippen LogP contribution in [0.25, 0.3) is 0 Å². The van der Waals surface area contributed by atoms with Crippen LogP contribution in [0.4, 0.5) is 0 Å². The molecule has 0 radical (unpaired) electrons. The minimum atomic E-state index is 0.892. The summed E-state index contributed by atoms with van der Waals surface area (Å²) in [7, 11) is 0. The summed E-state index contributed by atoms with van der Waals surface area (Å²) in [6, 6.07) is 0. The van der Waals surface area contributed by atoms with Crippen molar-refractivity contribution in [2.75, 3.05) is 26.2 Å². The standard InChI is InChI=1S/C15H27N3/c1-2-16-15(17-9-12-7-8-12)18-10-13-5-3-4-6-14(13)11-18/h12-14H,2-11H2,1H3,(H,16,17). The number of hydrogen-bond donors (Lipinski definition) is 1. The second-order valence-electron chi connectivity index (χ2n) is 6.35. The first kappa shape index (κ1) is 12.3. The van der Waals surface area contributed by atoms with E-state index in [0.717, 1.165) is 30.8 Å². The van der Waals surface area contributed by atoms with Gasteiger partial charge in [0.05, 0.1) is 0 Å². The first-order chi connectivity index (χ1) is 8.86. The zero-order valence-corrected chi connectivity index (χ0v) is 11.7. The summed E-state index contributed by atoms with van der Waals surface area (Å²) in [4.78, 5) is 7.38. The van der Waals surface area contributed by atoms with Crippen molar-refractivity contribution in [2.24, 2.45) is 22.7 Å². The number of likely N-dealkylation sites (tertiary alicyclic amines) is 1. The Morgan fingerprint density at radius 2 is 1.78 bits per heavy atom. The monoisotopic (exact) mass is 249 g/mol. The van der Waals surface area contributed by atoms with E-state index in [-0.39, 0.29) is 0 Å². The second kappa shape index (κ2) is 5.50. The maximum Gasteiger partial charge on any atom is 0.193 e. The zero-order chi connectivity index (χ0) is 12.4. The Kier molecular flexibility index (Phi) is 3.76. The highest BCUT2D eigenvalue weighted by Crippen LogP contribution is 2.36. The predicted octanol–water partition coefficient (Wildman–Crippen LogP) is 2.48. The predicted molar refractivity (Wildman–Crippen MR) is 75.7 cm³/mol. The van der Waals surface area contributed by atoms with E-state index in [2.05, 4.69) is 17.1 Å². The Balaban J connectivity index is 1.61. The molecular formula is C15H27N3. The number of fused-ring (bicyclic) bond motifs is 1. The van der Waals surface area contributed by atoms with E-state index in [4.69, 9.17) is 4.99 Å². The lowest BCUT2D eigenvalue weighted by Gasteiger charge is -2.22. The zero-order valence-electron chi connectivity index (χ0n) is 11.7. The molecule has 0 aromatic rings. The molecule has 2 atom stereocenters. The van der Waals surface area contributed by atoms with Crippen molar-refractivity contribution < 1.29 is 0 Å². The van der Waals surface area contributed by atoms with Gasteiger partial charge < -0.3 is 10.2 Å². The molecule has 1 saturated heterocycles. The van der Waals surface area contributed by atoms with Crippen molar-refractivity contribution in [3.8, 4) is 0 Å². The van der Waals surface area contributed by atoms with E-state index in [1.807, 2.05) is 0 Å². The largest absolute Gasteiger partial charge is 0.357 e. The molecule has 3 rings (SSSR count). The molecule has 0 aromatic heterocycles. The van der Waals surface area contributed by atoms with Crippen LogP contribution in [0.1, 0.15) is 45.4 Å². The fourth-order valence-corrected chi connectivity index (χ4v) is 3.52. The van der Waals surface area contributed by atoms with Gasteiger partial charge in [0, 0.05) is 26.2 Å². The Hall–Kier alpha value is -0.730. The number of rotatable bonds is 3. The minimum Gasteiger partial charge on any atom is -0.357 e. The molecule has 3 fully saturated rings. The van der Waals surface area contributed by atoms with E-state index >= 15 is 0 Å². The van der Waals surface area contributed by atoms with Gasteiger partial charge in [-0.05, 0) is 50.4 Å². The van der Waals surface area contributed by atoms with E-state index in [1.54, 1.807) is 0 Å². The highest BCUT2D eigenvalue weighted by atomic mass is 15.3. The molecule has 0 aromatic carbocycles. The van der Waals surface area contributed by atoms with Gasteiger partial charge in [-0.15, -0.1) is 0 Å². The first-order valence-electron chi connectivity index (χ1n) is 7.90. The summed E-state index contributed by atoms with van der Waals surface area (Å²) in [5, 5.41) is 3.49. The molecule has 3 heteroatoms. The molecule has 0 spiro atoms. The SMILES string of the molecule is CCNC(=NCC1CC1)N1CC2CCCCC2C1. The van der Waals surface area contributed by atoms with Crippen molar-refractivity contribution in [1.29, 1.82) is 0 Å². The lowest BCUT2D eigenvalue weighted by atomic mass is 9.82. The third-order valence-electron chi connectivity index (χ3n) is 4.81. The molecule has 1 heterocycles. The summed E-state index contributed by atoms with van der Waals surface area (Å²) < 4.78 is 0. The summed E-state index contributed by atoms with van der Waals surface area (Å²) in [5.41, 5.74) is 0. The third kappa shape index (κ3) is 2.81. The van der Waals surface area contributed by atoms with Crippen molar-refractivity contribution in [3.05, 3.63) is 0 Å². The van der Waals surface area contributed by atoms with Crippen LogP contribution >= 0.6 is 0 Å². The molecule has 1 N–H and O–H groups in total. The number of guanidine groups is 1. The first-order valence-corrected chi connectivity index (χ1v) is 7.90. The highest BCUT2D eigenvalue weighted by Gasteiger charge is 2.35. The van der Waals surface area contributed by atoms with Gasteiger partial charge >= 0.3 is 0 Å². The molecule has 2 saturated carbocycles. The summed E-state index contributed by atoms with van der Waals surface area (Å²) >= 11 is 0. The second-order valence-corrected chi connectivity index (χ2v) is 6.35. The molecule has 2 aliphatic carbocycles. The smallest absolute Gasteiger partial charge is 0.193 e. The van der Waals surface area contributed by atoms with Crippen LogP contribution in [-0.4, -0.2) is 37.0 Å². The van der Waals surface area contributed by atoms with Gasteiger partial charge in [-0.2, -0.15) is 0 Å². The molecule has 2 unspecified atom stereocenters. The normalized spacial score (nSPS) is 32.5. The Morgan fingerprint density at radius 1 is 1.11 bits per heavy atom. The van der Waals surface area contributed by atoms with Gasteiger partial charge in [0.15, 0.2) is 5.96 Å². The fraction of sp³-hybridized carbons (Fsp3) is 0.933. The lowest BCUT2D eigenvalue weighted by molar-refractivity contribution is 0.299. The van der Waals surface area contributed by atoms with Gasteiger partial charge in [-0.3, -0.25) is 4.99 Å². The van der Waals surface area contributed by atoms with Crippen LogP contribution in [0.3, 0.4) is 0 Å². The number of aliphatic imine (C=N–C) groups is 1. The third-order valence-corrected chi connectivity index (χ3v) is 4.81. The molecule has 18 heavy (non-hydrogen) atoms. The molecule has 1 aliphatic heterocycles. The number of nitrogens with zero attached hydrogens (tertiary/aromatic N) is 2. The lowest BCUT2D eigenvalue weighted by Crippen LogP contribution is -2.40. The van der Waals surface area contributed by atoms with Crippen LogP contribution in [-0.2, 0) is 0 Å². The summed E-state index contributed by atoms with van der Waals surface area (Å²) in [5.74, 6) is 3.98. The summed E-state index contributed by atoms with van der Waals surface area (Å²) in [6.45, 7) is 6.72. The van der Waals surface area contributed by atoms with Crippen LogP contribution in [0.5, 0.6) is 0 Å². The van der Waals surface area contributed by atoms with Gasteiger partial charge in [0.25, 0.3) is 0 Å². The van der Waals surface area contributed by atoms with Gasteiger partial charge in [-0.1, -0.05) is 12.8 Å². The molecule has 0 bridgehead atoms. The highest BCUT2D eigenvalue weighted by molar-refractivity contribution is 5.80. The van der Waals surface area contributed by atoms with Crippen LogP contribution in [0.2, 0.25) is 0 Å². The quantitative estimate of drug-likeness (QED) is 0.615. The topological polar surface area (TPSA) is 27.6 Å². The number of hydrogen-bond acceptors (Lipinski definition) is 1. The Bertz CT molecular complexity index is 295. The van der Waals surface area contributed by atoms with Crippen LogP contribution < -0.4 is 5.32 Å². The van der Waals surface area contributed by atoms with Crippen molar-refractivity contribution in [2.45, 2.75) is 45.4 Å². The van der Waals surface area contributed by atoms with E-state index in [0.29, 0.717) is 0 Å². The minimum absolute atomic E-state index is 0.892. The van der Waals surface area contributed by atoms with Crippen molar-refractivity contribution in [1.82, 2.24) is 10.2 Å². The molecule has 102 valence electrons. The van der Waals surface area contributed by atoms with E-state index < -0.39 is 0 Å². The van der Waals surface area contributed by atoms with Gasteiger partial charge in [-0.25, -0.2) is 0 Å². The average Bonchev–Trinajstić information content (AvgIpc) is 3.11. The molecular weight excluding hydrogens is 222 g/mol. The summed E-state index contributed by atoms with van der Waals surface area (Å²) in [6.07, 6.45) is 8.59. The van der Waals surface area contributed by atoms with Gasteiger partial charge in [0.2, 0.25) is 0 Å². The average molecular weight is 249 g/mol. The maximum atomic E-state index is 4.85. The van der Waals surface area contributed by atoms with E-state index in [1.165, 1.54) is 57.6 Å². The van der Waals surface area contributed by atoms with Crippen LogP contribution in [0, 0.1) is 17.8 Å². The molecule has 3 nitrogen and oxygen atoms in total. The maximum absolute atomic E-state index is 4.85. The fourth-order valence-electron chi connectivity index (χ4n) is 3.52. The van der Waals surface area contributed by atoms with Gasteiger partial charge in [0.1, 0.15) is 0 Å². The van der Waals surface area contributed by atoms with E-state index in [9.17, 15) is 0 Å². The molecule has 3 aliphatic rings. The number of nitrogens with one attached hydrogen (secondary N) is 1. The molecule has 0 amide bonds. The van der Waals surface area contributed by atoms with Crippen molar-refractivity contribution in [3.63, 3.8) is 0 Å².